The van der Waals surface area contributed by atoms with E-state index >= 15 is 0 Å². The van der Waals surface area contributed by atoms with Crippen LogP contribution in [0.1, 0.15) is 87.1 Å². The first-order chi connectivity index (χ1) is 20.1. The molecule has 0 amide bonds. The number of esters is 1. The van der Waals surface area contributed by atoms with Gasteiger partial charge in [-0.1, -0.05) is 40.7 Å². The van der Waals surface area contributed by atoms with Crippen LogP contribution in [-0.2, 0) is 29.9 Å². The highest BCUT2D eigenvalue weighted by atomic mass is 28.4. The topological polar surface area (TPSA) is 127 Å². The SMILES string of the molecule is COCCCOc1cc(C[C@H](CC[C@H](O[Si](C)(C)C(C)(C)C)[C@@H](C(=O)OC(C)(C)C)[C@@](C)(N)C(=O)O)C(C)C)ccc1OC. The third kappa shape index (κ3) is 12.0. The van der Waals surface area contributed by atoms with Crippen molar-refractivity contribution in [1.29, 1.82) is 0 Å². The average molecular weight is 640 g/mol. The van der Waals surface area contributed by atoms with E-state index in [1.165, 1.54) is 6.92 Å². The minimum Gasteiger partial charge on any atom is -0.493 e. The summed E-state index contributed by atoms with van der Waals surface area (Å²) in [5.74, 6) is -1.24. The Hall–Kier alpha value is -2.14. The van der Waals surface area contributed by atoms with E-state index < -0.39 is 43.4 Å². The summed E-state index contributed by atoms with van der Waals surface area (Å²) in [4.78, 5) is 26.2. The fourth-order valence-electron chi connectivity index (χ4n) is 4.83. The summed E-state index contributed by atoms with van der Waals surface area (Å²) in [5.41, 5.74) is 4.84. The average Bonchev–Trinajstić information content (AvgIpc) is 2.86. The molecule has 3 N–H and O–H groups in total. The van der Waals surface area contributed by atoms with Gasteiger partial charge in [0.2, 0.25) is 0 Å². The van der Waals surface area contributed by atoms with Crippen molar-refractivity contribution in [3.63, 3.8) is 0 Å². The van der Waals surface area contributed by atoms with Gasteiger partial charge in [-0.25, -0.2) is 0 Å². The molecule has 0 radical (unpaired) electrons. The number of hydrogen-bond donors (Lipinski definition) is 2. The maximum Gasteiger partial charge on any atom is 0.324 e. The Labute approximate surface area is 267 Å². The van der Waals surface area contributed by atoms with E-state index in [4.69, 9.17) is 29.1 Å². The van der Waals surface area contributed by atoms with Crippen LogP contribution in [0.3, 0.4) is 0 Å². The zero-order valence-corrected chi connectivity index (χ0v) is 30.7. The number of nitrogens with two attached hydrogens (primary N) is 1. The van der Waals surface area contributed by atoms with E-state index in [-0.39, 0.29) is 11.0 Å². The van der Waals surface area contributed by atoms with Gasteiger partial charge >= 0.3 is 11.9 Å². The highest BCUT2D eigenvalue weighted by Gasteiger charge is 2.52. The van der Waals surface area contributed by atoms with Crippen LogP contribution in [0.4, 0.5) is 0 Å². The minimum absolute atomic E-state index is 0.168. The molecule has 1 aromatic rings. The van der Waals surface area contributed by atoms with Crippen molar-refractivity contribution in [2.45, 2.75) is 123 Å². The maximum atomic E-state index is 13.7. The number of benzene rings is 1. The molecule has 0 spiro atoms. The molecule has 0 aliphatic carbocycles. The van der Waals surface area contributed by atoms with Crippen molar-refractivity contribution >= 4 is 20.3 Å². The van der Waals surface area contributed by atoms with Crippen LogP contribution in [0, 0.1) is 17.8 Å². The van der Waals surface area contributed by atoms with E-state index in [1.54, 1.807) is 35.0 Å². The number of methoxy groups -OCH3 is 2. The van der Waals surface area contributed by atoms with E-state index in [2.05, 4.69) is 47.7 Å². The summed E-state index contributed by atoms with van der Waals surface area (Å²) in [6, 6.07) is 5.99. The molecule has 0 aliphatic rings. The summed E-state index contributed by atoms with van der Waals surface area (Å²) >= 11 is 0. The first kappa shape index (κ1) is 39.9. The van der Waals surface area contributed by atoms with Crippen molar-refractivity contribution in [2.24, 2.45) is 23.5 Å². The predicted molar refractivity (Wildman–Crippen MR) is 178 cm³/mol. The molecule has 0 saturated carbocycles. The second kappa shape index (κ2) is 16.4. The number of carbonyl (C=O) groups is 2. The summed E-state index contributed by atoms with van der Waals surface area (Å²) in [6.07, 6.45) is 1.94. The van der Waals surface area contributed by atoms with Crippen LogP contribution in [-0.4, -0.2) is 70.0 Å². The van der Waals surface area contributed by atoms with E-state index in [9.17, 15) is 14.7 Å². The third-order valence-corrected chi connectivity index (χ3v) is 13.1. The van der Waals surface area contributed by atoms with Gasteiger partial charge in [-0.3, -0.25) is 9.59 Å². The second-order valence-corrected chi connectivity index (χ2v) is 19.7. The number of carboxylic acids is 1. The molecule has 1 aromatic carbocycles. The van der Waals surface area contributed by atoms with Gasteiger partial charge < -0.3 is 34.2 Å². The number of ether oxygens (including phenoxy) is 4. The Kier molecular flexibility index (Phi) is 14.9. The lowest BCUT2D eigenvalue weighted by atomic mass is 9.78. The Balaban J connectivity index is 3.46. The summed E-state index contributed by atoms with van der Waals surface area (Å²) in [5, 5.41) is 10.0. The molecule has 0 aliphatic heterocycles. The monoisotopic (exact) mass is 639 g/mol. The van der Waals surface area contributed by atoms with E-state index in [0.717, 1.165) is 18.4 Å². The van der Waals surface area contributed by atoms with Gasteiger partial charge in [0.1, 0.15) is 17.1 Å². The van der Waals surface area contributed by atoms with Crippen LogP contribution in [0.5, 0.6) is 11.5 Å². The lowest BCUT2D eigenvalue weighted by Crippen LogP contribution is -2.61. The Morgan fingerprint density at radius 2 is 1.57 bits per heavy atom. The van der Waals surface area contributed by atoms with Crippen LogP contribution in [0.2, 0.25) is 18.1 Å². The molecule has 0 fully saturated rings. The number of rotatable bonds is 18. The van der Waals surface area contributed by atoms with Gasteiger partial charge in [-0.15, -0.1) is 0 Å². The van der Waals surface area contributed by atoms with E-state index in [1.807, 2.05) is 18.2 Å². The Morgan fingerprint density at radius 1 is 0.955 bits per heavy atom. The fraction of sp³-hybridized carbons (Fsp3) is 0.765. The van der Waals surface area contributed by atoms with Crippen molar-refractivity contribution in [1.82, 2.24) is 0 Å². The number of aliphatic carboxylic acids is 1. The molecule has 0 saturated heterocycles. The van der Waals surface area contributed by atoms with Gasteiger partial charge in [0, 0.05) is 20.1 Å². The van der Waals surface area contributed by atoms with Crippen molar-refractivity contribution in [3.8, 4) is 11.5 Å². The van der Waals surface area contributed by atoms with Crippen molar-refractivity contribution < 1.29 is 38.1 Å². The highest BCUT2D eigenvalue weighted by Crippen LogP contribution is 2.41. The summed E-state index contributed by atoms with van der Waals surface area (Å²) in [6.45, 7) is 22.7. The summed E-state index contributed by atoms with van der Waals surface area (Å²) in [7, 11) is 0.837. The first-order valence-electron chi connectivity index (χ1n) is 15.8. The standard InChI is InChI=1S/C34H61NO8Si/c1-23(2)25(21-24-15-17-26(40-11)28(22-24)41-20-14-19-39-10)16-18-27(43-44(12,13)33(6,7)8)29(34(9,35)31(37)38)30(36)42-32(3,4)5/h15,17,22-23,25,27,29H,14,16,18-21,35H2,1-13H3,(H,37,38)/t25-,27-,29-,34+/m0/s1. The number of hydrogen-bond acceptors (Lipinski definition) is 8. The van der Waals surface area contributed by atoms with E-state index in [0.29, 0.717) is 43.5 Å². The van der Waals surface area contributed by atoms with Gasteiger partial charge in [0.25, 0.3) is 0 Å². The lowest BCUT2D eigenvalue weighted by Gasteiger charge is -2.44. The minimum atomic E-state index is -2.45. The number of carbonyl (C=O) groups excluding carboxylic acids is 1. The second-order valence-electron chi connectivity index (χ2n) is 15.0. The molecule has 44 heavy (non-hydrogen) atoms. The van der Waals surface area contributed by atoms with Gasteiger partial charge in [-0.2, -0.15) is 0 Å². The molecule has 0 bridgehead atoms. The fourth-order valence-corrected chi connectivity index (χ4v) is 6.19. The molecule has 4 atom stereocenters. The van der Waals surface area contributed by atoms with Crippen LogP contribution in [0.15, 0.2) is 18.2 Å². The Morgan fingerprint density at radius 3 is 2.05 bits per heavy atom. The van der Waals surface area contributed by atoms with Crippen LogP contribution < -0.4 is 15.2 Å². The Bertz CT molecular complexity index is 1060. The molecule has 9 nitrogen and oxygen atoms in total. The predicted octanol–water partition coefficient (Wildman–Crippen LogP) is 6.86. The van der Waals surface area contributed by atoms with Crippen molar-refractivity contribution in [2.75, 3.05) is 27.4 Å². The molecular weight excluding hydrogens is 578 g/mol. The quantitative estimate of drug-likeness (QED) is 0.101. The van der Waals surface area contributed by atoms with Crippen molar-refractivity contribution in [3.05, 3.63) is 23.8 Å². The number of carboxylic acid groups (broad SMARTS) is 1. The highest BCUT2D eigenvalue weighted by molar-refractivity contribution is 6.74. The molecular formula is C34H61NO8Si. The molecule has 1 rings (SSSR count). The molecule has 0 unspecified atom stereocenters. The van der Waals surface area contributed by atoms with Crippen LogP contribution >= 0.6 is 0 Å². The van der Waals surface area contributed by atoms with Gasteiger partial charge in [0.15, 0.2) is 19.8 Å². The first-order valence-corrected chi connectivity index (χ1v) is 18.7. The molecule has 254 valence electrons. The zero-order valence-electron chi connectivity index (χ0n) is 29.7. The molecule has 0 heterocycles. The molecule has 0 aromatic heterocycles. The maximum absolute atomic E-state index is 13.7. The van der Waals surface area contributed by atoms with Gasteiger partial charge in [0.05, 0.1) is 19.8 Å². The van der Waals surface area contributed by atoms with Gasteiger partial charge in [-0.05, 0) is 94.6 Å². The largest absolute Gasteiger partial charge is 0.493 e. The lowest BCUT2D eigenvalue weighted by molar-refractivity contribution is -0.172. The summed E-state index contributed by atoms with van der Waals surface area (Å²) < 4.78 is 29.3. The molecule has 10 heteroatoms. The van der Waals surface area contributed by atoms with Crippen LogP contribution in [0.25, 0.3) is 0 Å². The normalized spacial score (nSPS) is 16.2. The third-order valence-electron chi connectivity index (χ3n) is 8.63. The smallest absolute Gasteiger partial charge is 0.324 e. The zero-order chi connectivity index (χ0) is 34.1.